The van der Waals surface area contributed by atoms with Crippen molar-refractivity contribution in [3.63, 3.8) is 0 Å². The van der Waals surface area contributed by atoms with Gasteiger partial charge in [0.2, 0.25) is 0 Å². The summed E-state index contributed by atoms with van der Waals surface area (Å²) in [5.74, 6) is 0. The van der Waals surface area contributed by atoms with Gasteiger partial charge in [-0.05, 0) is 18.6 Å². The van der Waals surface area contributed by atoms with E-state index in [-0.39, 0.29) is 0 Å². The third kappa shape index (κ3) is 3.28. The maximum Gasteiger partial charge on any atom is 0.0590 e. The molecule has 0 atom stereocenters. The van der Waals surface area contributed by atoms with Gasteiger partial charge in [0.1, 0.15) is 0 Å². The molecule has 0 aliphatic rings. The van der Waals surface area contributed by atoms with Crippen molar-refractivity contribution in [2.45, 2.75) is 19.8 Å². The third-order valence-electron chi connectivity index (χ3n) is 1.80. The van der Waals surface area contributed by atoms with Crippen LogP contribution in [0.15, 0.2) is 35.4 Å². The molecule has 70 valence electrons. The van der Waals surface area contributed by atoms with Crippen LogP contribution in [0.5, 0.6) is 0 Å². The molecule has 2 nitrogen and oxygen atoms in total. The van der Waals surface area contributed by atoms with Crippen LogP contribution in [0.2, 0.25) is 0 Å². The zero-order valence-electron chi connectivity index (χ0n) is 8.27. The van der Waals surface area contributed by atoms with E-state index in [2.05, 4.69) is 12.0 Å². The number of para-hydroxylation sites is 1. The topological polar surface area (TPSA) is 15.6 Å². The first-order valence-electron chi connectivity index (χ1n) is 4.66. The van der Waals surface area contributed by atoms with Gasteiger partial charge in [0.15, 0.2) is 0 Å². The fraction of sp³-hybridized carbons (Fsp3) is 0.364. The Hall–Kier alpha value is -1.31. The van der Waals surface area contributed by atoms with Crippen LogP contribution in [0.1, 0.15) is 19.8 Å². The Morgan fingerprint density at radius 2 is 2.00 bits per heavy atom. The lowest BCUT2D eigenvalue weighted by molar-refractivity contribution is 0.969. The van der Waals surface area contributed by atoms with E-state index in [1.807, 2.05) is 48.6 Å². The van der Waals surface area contributed by atoms with Crippen molar-refractivity contribution in [3.8, 4) is 0 Å². The summed E-state index contributed by atoms with van der Waals surface area (Å²) in [4.78, 5) is 0. The first-order chi connectivity index (χ1) is 6.34. The fourth-order valence-corrected chi connectivity index (χ4v) is 1.02. The molecule has 1 rings (SSSR count). The van der Waals surface area contributed by atoms with Crippen LogP contribution in [0.3, 0.4) is 0 Å². The Balaban J connectivity index is 2.53. The number of hydrogen-bond donors (Lipinski definition) is 0. The van der Waals surface area contributed by atoms with Crippen molar-refractivity contribution in [1.82, 2.24) is 0 Å². The number of nitrogens with zero attached hydrogens (tertiary/aromatic N) is 2. The monoisotopic (exact) mass is 176 g/mol. The second-order valence-corrected chi connectivity index (χ2v) is 2.95. The smallest absolute Gasteiger partial charge is 0.0590 e. The molecular weight excluding hydrogens is 160 g/mol. The van der Waals surface area contributed by atoms with Crippen molar-refractivity contribution in [3.05, 3.63) is 30.3 Å². The molecular formula is C11H16N2. The predicted molar refractivity (Wildman–Crippen MR) is 58.2 cm³/mol. The predicted octanol–water partition coefficient (Wildman–Crippen LogP) is 2.91. The number of hydrazone groups is 1. The minimum absolute atomic E-state index is 1.04. The van der Waals surface area contributed by atoms with Gasteiger partial charge in [-0.25, -0.2) is 0 Å². The highest BCUT2D eigenvalue weighted by Crippen LogP contribution is 2.10. The molecule has 0 unspecified atom stereocenters. The molecule has 0 amide bonds. The third-order valence-corrected chi connectivity index (χ3v) is 1.80. The number of anilines is 1. The molecule has 0 spiro atoms. The van der Waals surface area contributed by atoms with Crippen molar-refractivity contribution >= 4 is 11.9 Å². The minimum Gasteiger partial charge on any atom is -0.269 e. The zero-order chi connectivity index (χ0) is 9.52. The maximum absolute atomic E-state index is 4.29. The first-order valence-corrected chi connectivity index (χ1v) is 4.66. The van der Waals surface area contributed by atoms with Gasteiger partial charge in [-0.15, -0.1) is 0 Å². The number of hydrogen-bond acceptors (Lipinski definition) is 2. The second kappa shape index (κ2) is 5.36. The highest BCUT2D eigenvalue weighted by atomic mass is 15.4. The van der Waals surface area contributed by atoms with Gasteiger partial charge in [0.05, 0.1) is 5.69 Å². The van der Waals surface area contributed by atoms with Crippen molar-refractivity contribution in [2.24, 2.45) is 5.10 Å². The normalized spacial score (nSPS) is 10.6. The Labute approximate surface area is 79.9 Å². The van der Waals surface area contributed by atoms with E-state index in [4.69, 9.17) is 0 Å². The Morgan fingerprint density at radius 3 is 2.62 bits per heavy atom. The quantitative estimate of drug-likeness (QED) is 0.508. The molecule has 0 saturated heterocycles. The Morgan fingerprint density at radius 1 is 1.31 bits per heavy atom. The van der Waals surface area contributed by atoms with Gasteiger partial charge in [-0.1, -0.05) is 31.5 Å². The van der Waals surface area contributed by atoms with E-state index in [1.165, 1.54) is 0 Å². The van der Waals surface area contributed by atoms with E-state index < -0.39 is 0 Å². The Kier molecular flexibility index (Phi) is 4.03. The van der Waals surface area contributed by atoms with E-state index in [0.717, 1.165) is 18.5 Å². The molecule has 0 bridgehead atoms. The van der Waals surface area contributed by atoms with Crippen LogP contribution in [0.25, 0.3) is 0 Å². The average molecular weight is 176 g/mol. The largest absolute Gasteiger partial charge is 0.269 e. The molecule has 1 aromatic carbocycles. The molecule has 1 aromatic rings. The number of benzene rings is 1. The lowest BCUT2D eigenvalue weighted by Crippen LogP contribution is -2.08. The molecule has 0 radical (unpaired) electrons. The summed E-state index contributed by atoms with van der Waals surface area (Å²) in [5.41, 5.74) is 1.12. The zero-order valence-corrected chi connectivity index (χ0v) is 8.27. The van der Waals surface area contributed by atoms with E-state index in [9.17, 15) is 0 Å². The number of unbranched alkanes of at least 4 members (excludes halogenated alkanes) is 1. The SMILES string of the molecule is CCC/C=N\N(C)c1ccccc1. The van der Waals surface area contributed by atoms with Crippen molar-refractivity contribution < 1.29 is 0 Å². The molecule has 0 heterocycles. The highest BCUT2D eigenvalue weighted by molar-refractivity contribution is 5.59. The van der Waals surface area contributed by atoms with E-state index >= 15 is 0 Å². The fourth-order valence-electron chi connectivity index (χ4n) is 1.02. The summed E-state index contributed by atoms with van der Waals surface area (Å²) < 4.78 is 0. The molecule has 0 fully saturated rings. The van der Waals surface area contributed by atoms with Crippen LogP contribution in [-0.2, 0) is 0 Å². The van der Waals surface area contributed by atoms with Gasteiger partial charge >= 0.3 is 0 Å². The second-order valence-electron chi connectivity index (χ2n) is 2.95. The Bertz CT molecular complexity index is 254. The van der Waals surface area contributed by atoms with Crippen LogP contribution >= 0.6 is 0 Å². The molecule has 0 saturated carbocycles. The molecule has 0 aliphatic heterocycles. The summed E-state index contributed by atoms with van der Waals surface area (Å²) in [6.07, 6.45) is 4.14. The van der Waals surface area contributed by atoms with Gasteiger partial charge in [0, 0.05) is 13.3 Å². The van der Waals surface area contributed by atoms with Crippen LogP contribution < -0.4 is 5.01 Å². The molecule has 2 heteroatoms. The standard InChI is InChI=1S/C11H16N2/c1-3-4-10-12-13(2)11-8-6-5-7-9-11/h5-10H,3-4H2,1-2H3/b12-10-. The molecule has 0 aromatic heterocycles. The average Bonchev–Trinajstić information content (AvgIpc) is 2.19. The summed E-state index contributed by atoms with van der Waals surface area (Å²) in [7, 11) is 1.96. The first kappa shape index (κ1) is 9.78. The van der Waals surface area contributed by atoms with Crippen molar-refractivity contribution in [2.75, 3.05) is 12.1 Å². The van der Waals surface area contributed by atoms with Crippen molar-refractivity contribution in [1.29, 1.82) is 0 Å². The summed E-state index contributed by atoms with van der Waals surface area (Å²) in [5, 5.41) is 6.18. The number of rotatable bonds is 4. The van der Waals surface area contributed by atoms with Gasteiger partial charge in [-0.2, -0.15) is 5.10 Å². The van der Waals surface area contributed by atoms with E-state index in [1.54, 1.807) is 0 Å². The lowest BCUT2D eigenvalue weighted by atomic mass is 10.3. The van der Waals surface area contributed by atoms with Crippen LogP contribution in [-0.4, -0.2) is 13.3 Å². The summed E-state index contributed by atoms with van der Waals surface area (Å²) in [6.45, 7) is 2.15. The molecule has 0 aliphatic carbocycles. The van der Waals surface area contributed by atoms with Crippen LogP contribution in [0.4, 0.5) is 5.69 Å². The lowest BCUT2D eigenvalue weighted by Gasteiger charge is -2.11. The molecule has 13 heavy (non-hydrogen) atoms. The summed E-state index contributed by atoms with van der Waals surface area (Å²) in [6, 6.07) is 10.1. The minimum atomic E-state index is 1.04. The maximum atomic E-state index is 4.29. The van der Waals surface area contributed by atoms with Gasteiger partial charge < -0.3 is 0 Å². The highest BCUT2D eigenvalue weighted by Gasteiger charge is 1.93. The van der Waals surface area contributed by atoms with E-state index in [0.29, 0.717) is 0 Å². The van der Waals surface area contributed by atoms with Gasteiger partial charge in [-0.3, -0.25) is 5.01 Å². The van der Waals surface area contributed by atoms with Crippen LogP contribution in [0, 0.1) is 0 Å². The van der Waals surface area contributed by atoms with Gasteiger partial charge in [0.25, 0.3) is 0 Å². The summed E-state index contributed by atoms with van der Waals surface area (Å²) >= 11 is 0. The molecule has 0 N–H and O–H groups in total.